The second kappa shape index (κ2) is 8.93. The first-order valence-electron chi connectivity index (χ1n) is 12.9. The number of alkyl halides is 4. The van der Waals surface area contributed by atoms with Gasteiger partial charge in [-0.05, 0) is 97.8 Å². The molecule has 0 aromatic heterocycles. The van der Waals surface area contributed by atoms with E-state index in [1.165, 1.54) is 0 Å². The summed E-state index contributed by atoms with van der Waals surface area (Å²) >= 11 is 0. The Morgan fingerprint density at radius 2 is 1.14 bits per heavy atom. The molecule has 4 rings (SSSR count). The van der Waals surface area contributed by atoms with Gasteiger partial charge in [-0.15, -0.1) is 0 Å². The molecular formula is C26H38F4O6. The van der Waals surface area contributed by atoms with Gasteiger partial charge in [0.1, 0.15) is 23.4 Å². The van der Waals surface area contributed by atoms with Crippen LogP contribution < -0.4 is 0 Å². The molecule has 0 heterocycles. The van der Waals surface area contributed by atoms with Crippen LogP contribution in [0.25, 0.3) is 0 Å². The summed E-state index contributed by atoms with van der Waals surface area (Å²) in [6.07, 6.45) is -2.23. The van der Waals surface area contributed by atoms with Crippen LogP contribution in [0.15, 0.2) is 0 Å². The Morgan fingerprint density at radius 3 is 1.61 bits per heavy atom. The van der Waals surface area contributed by atoms with E-state index in [0.717, 1.165) is 0 Å². The van der Waals surface area contributed by atoms with Crippen molar-refractivity contribution in [3.63, 3.8) is 0 Å². The zero-order valence-electron chi connectivity index (χ0n) is 21.8. The van der Waals surface area contributed by atoms with Crippen LogP contribution >= 0.6 is 0 Å². The highest BCUT2D eigenvalue weighted by molar-refractivity contribution is 5.61. The largest absolute Gasteiger partial charge is 0.509 e. The van der Waals surface area contributed by atoms with E-state index in [1.807, 2.05) is 0 Å². The third kappa shape index (κ3) is 5.28. The molecule has 0 saturated heterocycles. The summed E-state index contributed by atoms with van der Waals surface area (Å²) in [7, 11) is 0. The fourth-order valence-corrected chi connectivity index (χ4v) is 6.94. The van der Waals surface area contributed by atoms with Crippen LogP contribution in [-0.2, 0) is 18.9 Å². The molecule has 0 spiro atoms. The Morgan fingerprint density at radius 1 is 0.611 bits per heavy atom. The molecule has 206 valence electrons. The van der Waals surface area contributed by atoms with Crippen LogP contribution in [0.1, 0.15) is 80.1 Å². The number of carbonyl (C=O) groups excluding carboxylic acids is 2. The van der Waals surface area contributed by atoms with Crippen LogP contribution in [0.2, 0.25) is 0 Å². The molecular weight excluding hydrogens is 484 g/mol. The zero-order valence-corrected chi connectivity index (χ0v) is 21.8. The van der Waals surface area contributed by atoms with E-state index in [4.69, 9.17) is 18.9 Å². The summed E-state index contributed by atoms with van der Waals surface area (Å²) in [5, 5.41) is 0. The van der Waals surface area contributed by atoms with Gasteiger partial charge in [-0.3, -0.25) is 0 Å². The first kappa shape index (κ1) is 27.3. The third-order valence-corrected chi connectivity index (χ3v) is 8.19. The number of hydrogen-bond acceptors (Lipinski definition) is 6. The predicted molar refractivity (Wildman–Crippen MR) is 121 cm³/mol. The molecule has 8 unspecified atom stereocenters. The molecule has 0 aromatic rings. The molecule has 4 aliphatic rings. The lowest BCUT2D eigenvalue weighted by atomic mass is 9.73. The Bertz CT molecular complexity index is 863. The number of halogens is 4. The molecule has 4 bridgehead atoms. The molecule has 4 fully saturated rings. The Hall–Kier alpha value is -1.74. The molecule has 0 amide bonds. The van der Waals surface area contributed by atoms with E-state index in [0.29, 0.717) is 19.3 Å². The average Bonchev–Trinajstić information content (AvgIpc) is 3.44. The minimum Gasteiger partial charge on any atom is -0.431 e. The third-order valence-electron chi connectivity index (χ3n) is 8.19. The minimum atomic E-state index is -4.24. The van der Waals surface area contributed by atoms with E-state index in [2.05, 4.69) is 0 Å². The molecule has 0 radical (unpaired) electrons. The Kier molecular flexibility index (Phi) is 6.77. The summed E-state index contributed by atoms with van der Waals surface area (Å²) in [6, 6.07) is 0. The van der Waals surface area contributed by atoms with Gasteiger partial charge < -0.3 is 18.9 Å². The summed E-state index contributed by atoms with van der Waals surface area (Å²) in [6.45, 7) is 10.0. The molecule has 10 heteroatoms. The second-order valence-electron chi connectivity index (χ2n) is 13.2. The lowest BCUT2D eigenvalue weighted by Gasteiger charge is -2.42. The van der Waals surface area contributed by atoms with Crippen molar-refractivity contribution in [2.75, 3.05) is 0 Å². The maximum Gasteiger partial charge on any atom is 0.509 e. The molecule has 8 atom stereocenters. The lowest BCUT2D eigenvalue weighted by molar-refractivity contribution is -0.278. The SMILES string of the molecule is CC(C)(C)OC(=O)OC1CC2CC1CC2C(F)(F)C(F)(F)C1CC2CC(OC(=O)OC(C)(C)C)C1C2. The molecule has 36 heavy (non-hydrogen) atoms. The van der Waals surface area contributed by atoms with Crippen molar-refractivity contribution in [3.05, 3.63) is 0 Å². The van der Waals surface area contributed by atoms with Gasteiger partial charge in [0.25, 0.3) is 0 Å². The second-order valence-corrected chi connectivity index (χ2v) is 13.2. The van der Waals surface area contributed by atoms with Crippen molar-refractivity contribution in [2.45, 2.75) is 115 Å². The molecule has 0 N–H and O–H groups in total. The normalized spacial score (nSPS) is 36.2. The number of rotatable bonds is 5. The van der Waals surface area contributed by atoms with E-state index in [-0.39, 0.29) is 25.2 Å². The monoisotopic (exact) mass is 522 g/mol. The number of ether oxygens (including phenoxy) is 4. The number of carbonyl (C=O) groups is 2. The van der Waals surface area contributed by atoms with E-state index in [1.54, 1.807) is 41.5 Å². The standard InChI is InChI=1S/C26H38F4O6/c1-23(2,3)35-21(31)33-19-12-14-10-15(19)11-17(14)25(27,28)26(29,30)18-8-13-7-16(18)20(9-13)34-22(32)36-24(4,5)6/h13-20H,7-12H2,1-6H3. The van der Waals surface area contributed by atoms with Gasteiger partial charge in [0.15, 0.2) is 0 Å². The molecule has 0 aliphatic heterocycles. The number of hydrogen-bond donors (Lipinski definition) is 0. The van der Waals surface area contributed by atoms with Gasteiger partial charge in [0, 0.05) is 17.8 Å². The fraction of sp³-hybridized carbons (Fsp3) is 0.923. The van der Waals surface area contributed by atoms with Crippen molar-refractivity contribution in [1.29, 1.82) is 0 Å². The van der Waals surface area contributed by atoms with E-state index in [9.17, 15) is 9.59 Å². The van der Waals surface area contributed by atoms with Crippen molar-refractivity contribution >= 4 is 12.3 Å². The summed E-state index contributed by atoms with van der Waals surface area (Å²) in [4.78, 5) is 24.1. The van der Waals surface area contributed by atoms with Crippen molar-refractivity contribution in [2.24, 2.45) is 35.5 Å². The topological polar surface area (TPSA) is 71.1 Å². The van der Waals surface area contributed by atoms with Crippen LogP contribution in [0.4, 0.5) is 27.2 Å². The predicted octanol–water partition coefficient (Wildman–Crippen LogP) is 6.99. The van der Waals surface area contributed by atoms with Gasteiger partial charge in [0.05, 0.1) is 0 Å². The highest BCUT2D eigenvalue weighted by Crippen LogP contribution is 2.63. The van der Waals surface area contributed by atoms with Crippen LogP contribution in [0.5, 0.6) is 0 Å². The summed E-state index contributed by atoms with van der Waals surface area (Å²) in [5.41, 5.74) is -1.56. The van der Waals surface area contributed by atoms with Gasteiger partial charge in [-0.25, -0.2) is 9.59 Å². The fourth-order valence-electron chi connectivity index (χ4n) is 6.94. The quantitative estimate of drug-likeness (QED) is 0.286. The minimum absolute atomic E-state index is 0.00731. The maximum atomic E-state index is 15.6. The molecule has 4 aliphatic carbocycles. The van der Waals surface area contributed by atoms with Crippen LogP contribution in [-0.4, -0.2) is 47.6 Å². The van der Waals surface area contributed by atoms with Crippen molar-refractivity contribution in [1.82, 2.24) is 0 Å². The van der Waals surface area contributed by atoms with Gasteiger partial charge in [-0.2, -0.15) is 17.6 Å². The van der Waals surface area contributed by atoms with Crippen LogP contribution in [0, 0.1) is 35.5 Å². The summed E-state index contributed by atoms with van der Waals surface area (Å²) < 4.78 is 83.2. The van der Waals surface area contributed by atoms with Crippen molar-refractivity contribution < 1.29 is 46.1 Å². The Labute approximate surface area is 209 Å². The average molecular weight is 523 g/mol. The molecule has 6 nitrogen and oxygen atoms in total. The van der Waals surface area contributed by atoms with Gasteiger partial charge in [-0.1, -0.05) is 0 Å². The number of fused-ring (bicyclic) bond motifs is 4. The Balaban J connectivity index is 1.39. The maximum absolute atomic E-state index is 15.6. The summed E-state index contributed by atoms with van der Waals surface area (Å²) in [5.74, 6) is -13.6. The molecule has 4 saturated carbocycles. The van der Waals surface area contributed by atoms with Crippen LogP contribution in [0.3, 0.4) is 0 Å². The lowest BCUT2D eigenvalue weighted by Crippen LogP contribution is -2.55. The van der Waals surface area contributed by atoms with E-state index < -0.39 is 77.2 Å². The first-order chi connectivity index (χ1) is 16.4. The highest BCUT2D eigenvalue weighted by atomic mass is 19.3. The molecule has 0 aromatic carbocycles. The highest BCUT2D eigenvalue weighted by Gasteiger charge is 2.72. The van der Waals surface area contributed by atoms with Gasteiger partial charge >= 0.3 is 24.2 Å². The van der Waals surface area contributed by atoms with E-state index >= 15 is 17.6 Å². The smallest absolute Gasteiger partial charge is 0.431 e. The van der Waals surface area contributed by atoms with Crippen molar-refractivity contribution in [3.8, 4) is 0 Å². The van der Waals surface area contributed by atoms with Gasteiger partial charge in [0.2, 0.25) is 0 Å². The first-order valence-corrected chi connectivity index (χ1v) is 12.9. The zero-order chi connectivity index (χ0) is 26.8.